The number of fused-ring (bicyclic) bond motifs is 1. The molecule has 2 saturated carbocycles. The second-order valence-corrected chi connectivity index (χ2v) is 8.46. The molecule has 1 aromatic heterocycles. The maximum Gasteiger partial charge on any atom is 0.318 e. The molecule has 4 rings (SSSR count). The highest BCUT2D eigenvalue weighted by Gasteiger charge is 2.60. The molecule has 1 N–H and O–H groups in total. The van der Waals surface area contributed by atoms with Gasteiger partial charge in [0, 0.05) is 34.9 Å². The van der Waals surface area contributed by atoms with E-state index in [2.05, 4.69) is 36.7 Å². The lowest BCUT2D eigenvalue weighted by Crippen LogP contribution is -2.67. The van der Waals surface area contributed by atoms with E-state index < -0.39 is 0 Å². The van der Waals surface area contributed by atoms with Gasteiger partial charge in [-0.1, -0.05) is 19.9 Å². The van der Waals surface area contributed by atoms with E-state index in [0.29, 0.717) is 18.1 Å². The molecule has 1 saturated heterocycles. The summed E-state index contributed by atoms with van der Waals surface area (Å²) in [6.45, 7) is 6.01. The largest absolute Gasteiger partial charge is 0.377 e. The van der Waals surface area contributed by atoms with Gasteiger partial charge in [-0.3, -0.25) is 0 Å². The molecule has 3 unspecified atom stereocenters. The summed E-state index contributed by atoms with van der Waals surface area (Å²) in [4.78, 5) is 16.1. The number of nitrogens with one attached hydrogen (secondary N) is 1. The molecule has 2 aliphatic carbocycles. The molecule has 0 radical (unpaired) electrons. The molecule has 2 amide bonds. The van der Waals surface area contributed by atoms with Crippen LogP contribution < -0.4 is 5.32 Å². The van der Waals surface area contributed by atoms with Gasteiger partial charge in [-0.25, -0.2) is 4.79 Å². The fourth-order valence-electron chi connectivity index (χ4n) is 4.16. The van der Waals surface area contributed by atoms with Crippen LogP contribution in [-0.4, -0.2) is 35.7 Å². The van der Waals surface area contributed by atoms with Crippen LogP contribution in [0.15, 0.2) is 17.5 Å². The third kappa shape index (κ3) is 2.35. The number of ether oxygens (including phenoxy) is 1. The van der Waals surface area contributed by atoms with Crippen molar-refractivity contribution in [1.82, 2.24) is 10.2 Å². The first-order valence-corrected chi connectivity index (χ1v) is 9.16. The lowest BCUT2D eigenvalue weighted by atomic mass is 9.57. The van der Waals surface area contributed by atoms with Gasteiger partial charge in [-0.15, -0.1) is 11.3 Å². The minimum absolute atomic E-state index is 0.0506. The molecule has 5 heteroatoms. The maximum atomic E-state index is 12.8. The van der Waals surface area contributed by atoms with Crippen LogP contribution in [0, 0.1) is 11.3 Å². The molecule has 1 aromatic rings. The number of nitrogens with zero attached hydrogens (tertiary/aromatic N) is 1. The fourth-order valence-corrected chi connectivity index (χ4v) is 4.86. The Labute approximate surface area is 135 Å². The molecule has 3 atom stereocenters. The summed E-state index contributed by atoms with van der Waals surface area (Å²) in [5.41, 5.74) is 0.0506. The van der Waals surface area contributed by atoms with Crippen LogP contribution in [0.2, 0.25) is 0 Å². The standard InChI is InChI=1S/C17H24N2O2S/c1-17(2)14(13-7-8-21-15(13)17)18-16(20)19(11-5-6-11)10-12-4-3-9-22-12/h3-4,9,11,13-15H,5-8,10H2,1-2H3,(H,18,20). The Morgan fingerprint density at radius 3 is 2.95 bits per heavy atom. The number of rotatable bonds is 4. The molecular formula is C17H24N2O2S. The Hall–Kier alpha value is -1.07. The quantitative estimate of drug-likeness (QED) is 0.925. The number of hydrogen-bond donors (Lipinski definition) is 1. The van der Waals surface area contributed by atoms with Crippen molar-refractivity contribution in [2.24, 2.45) is 11.3 Å². The Morgan fingerprint density at radius 1 is 1.45 bits per heavy atom. The topological polar surface area (TPSA) is 41.6 Å². The summed E-state index contributed by atoms with van der Waals surface area (Å²) in [6, 6.07) is 4.96. The minimum atomic E-state index is 0.0506. The van der Waals surface area contributed by atoms with Crippen LogP contribution in [0.25, 0.3) is 0 Å². The zero-order valence-corrected chi connectivity index (χ0v) is 14.1. The highest BCUT2D eigenvalue weighted by atomic mass is 32.1. The Kier molecular flexibility index (Phi) is 3.46. The average Bonchev–Trinajstić information content (AvgIpc) is 3.03. The smallest absolute Gasteiger partial charge is 0.318 e. The van der Waals surface area contributed by atoms with Crippen LogP contribution >= 0.6 is 11.3 Å². The van der Waals surface area contributed by atoms with E-state index in [-0.39, 0.29) is 17.5 Å². The molecule has 1 aliphatic heterocycles. The lowest BCUT2D eigenvalue weighted by Gasteiger charge is -2.54. The number of amides is 2. The zero-order valence-electron chi connectivity index (χ0n) is 13.2. The maximum absolute atomic E-state index is 12.8. The van der Waals surface area contributed by atoms with Crippen molar-refractivity contribution in [1.29, 1.82) is 0 Å². The van der Waals surface area contributed by atoms with Gasteiger partial charge in [0.1, 0.15) is 0 Å². The Balaban J connectivity index is 1.44. The Bertz CT molecular complexity index is 553. The number of urea groups is 1. The van der Waals surface area contributed by atoms with Crippen LogP contribution in [-0.2, 0) is 11.3 Å². The molecule has 120 valence electrons. The lowest BCUT2D eigenvalue weighted by molar-refractivity contribution is -0.109. The van der Waals surface area contributed by atoms with Gasteiger partial charge in [-0.05, 0) is 30.7 Å². The summed E-state index contributed by atoms with van der Waals surface area (Å²) in [6.07, 6.45) is 3.68. The molecule has 0 spiro atoms. The van der Waals surface area contributed by atoms with E-state index >= 15 is 0 Å². The van der Waals surface area contributed by atoms with E-state index in [0.717, 1.165) is 32.4 Å². The van der Waals surface area contributed by atoms with Crippen molar-refractivity contribution < 1.29 is 9.53 Å². The number of carbonyl (C=O) groups is 1. The zero-order chi connectivity index (χ0) is 15.3. The minimum Gasteiger partial charge on any atom is -0.377 e. The normalized spacial score (nSPS) is 32.2. The molecule has 3 aliphatic rings. The summed E-state index contributed by atoms with van der Waals surface area (Å²) in [5.74, 6) is 0.502. The first kappa shape index (κ1) is 14.5. The van der Waals surface area contributed by atoms with E-state index in [4.69, 9.17) is 4.74 Å². The van der Waals surface area contributed by atoms with Gasteiger partial charge in [0.15, 0.2) is 0 Å². The third-order valence-corrected chi connectivity index (χ3v) is 6.40. The van der Waals surface area contributed by atoms with Crippen molar-refractivity contribution >= 4 is 17.4 Å². The second-order valence-electron chi connectivity index (χ2n) is 7.43. The predicted octanol–water partition coefficient (Wildman–Crippen LogP) is 3.24. The van der Waals surface area contributed by atoms with E-state index in [1.165, 1.54) is 4.88 Å². The molecule has 0 aromatic carbocycles. The predicted molar refractivity (Wildman–Crippen MR) is 86.8 cm³/mol. The monoisotopic (exact) mass is 320 g/mol. The number of carbonyl (C=O) groups excluding carboxylic acids is 1. The molecule has 2 heterocycles. The van der Waals surface area contributed by atoms with Gasteiger partial charge < -0.3 is 15.0 Å². The van der Waals surface area contributed by atoms with E-state index in [1.807, 2.05) is 4.90 Å². The van der Waals surface area contributed by atoms with Gasteiger partial charge >= 0.3 is 6.03 Å². The first-order chi connectivity index (χ1) is 10.6. The molecular weight excluding hydrogens is 296 g/mol. The summed E-state index contributed by atoms with van der Waals surface area (Å²) in [7, 11) is 0. The Morgan fingerprint density at radius 2 is 2.27 bits per heavy atom. The van der Waals surface area contributed by atoms with Crippen molar-refractivity contribution in [3.05, 3.63) is 22.4 Å². The second kappa shape index (κ2) is 5.24. The van der Waals surface area contributed by atoms with E-state index in [9.17, 15) is 4.79 Å². The van der Waals surface area contributed by atoms with Crippen LogP contribution in [0.3, 0.4) is 0 Å². The fraction of sp³-hybridized carbons (Fsp3) is 0.706. The van der Waals surface area contributed by atoms with Crippen LogP contribution in [0.1, 0.15) is 38.0 Å². The van der Waals surface area contributed by atoms with Gasteiger partial charge in [0.25, 0.3) is 0 Å². The van der Waals surface area contributed by atoms with Gasteiger partial charge in [0.2, 0.25) is 0 Å². The summed E-state index contributed by atoms with van der Waals surface area (Å²) in [5, 5.41) is 5.40. The first-order valence-electron chi connectivity index (χ1n) is 8.28. The number of thiophene rings is 1. The third-order valence-electron chi connectivity index (χ3n) is 5.53. The van der Waals surface area contributed by atoms with Gasteiger partial charge in [-0.2, -0.15) is 0 Å². The molecule has 4 nitrogen and oxygen atoms in total. The van der Waals surface area contributed by atoms with E-state index in [1.54, 1.807) is 11.3 Å². The highest BCUT2D eigenvalue weighted by Crippen LogP contribution is 2.52. The molecule has 22 heavy (non-hydrogen) atoms. The summed E-state index contributed by atoms with van der Waals surface area (Å²) >= 11 is 1.73. The van der Waals surface area contributed by atoms with Crippen molar-refractivity contribution in [3.63, 3.8) is 0 Å². The SMILES string of the molecule is CC1(C)C(NC(=O)N(Cc2cccs2)C2CC2)C2CCOC21. The van der Waals surface area contributed by atoms with Crippen LogP contribution in [0.4, 0.5) is 4.79 Å². The highest BCUT2D eigenvalue weighted by molar-refractivity contribution is 7.09. The van der Waals surface area contributed by atoms with Gasteiger partial charge in [0.05, 0.1) is 12.6 Å². The van der Waals surface area contributed by atoms with Crippen LogP contribution in [0.5, 0.6) is 0 Å². The summed E-state index contributed by atoms with van der Waals surface area (Å²) < 4.78 is 5.82. The van der Waals surface area contributed by atoms with Crippen molar-refractivity contribution in [2.45, 2.75) is 57.8 Å². The van der Waals surface area contributed by atoms with Crippen molar-refractivity contribution in [2.75, 3.05) is 6.61 Å². The molecule has 0 bridgehead atoms. The molecule has 3 fully saturated rings. The van der Waals surface area contributed by atoms with Crippen molar-refractivity contribution in [3.8, 4) is 0 Å². The average molecular weight is 320 g/mol. The number of hydrogen-bond acceptors (Lipinski definition) is 3.